The van der Waals surface area contributed by atoms with Gasteiger partial charge in [0, 0.05) is 25.2 Å². The monoisotopic (exact) mass is 451 g/mol. The molecular weight excluding hydrogens is 418 g/mol. The molecule has 2 atom stereocenters. The molecule has 2 heterocycles. The van der Waals surface area contributed by atoms with E-state index in [4.69, 9.17) is 0 Å². The van der Waals surface area contributed by atoms with Gasteiger partial charge in [-0.3, -0.25) is 19.1 Å². The Morgan fingerprint density at radius 2 is 1.91 bits per heavy atom. The maximum absolute atomic E-state index is 13.1. The lowest BCUT2D eigenvalue weighted by Gasteiger charge is -2.41. The van der Waals surface area contributed by atoms with E-state index in [1.165, 1.54) is 21.2 Å². The van der Waals surface area contributed by atoms with Crippen LogP contribution in [0.25, 0.3) is 0 Å². The first-order valence-corrected chi connectivity index (χ1v) is 11.8. The van der Waals surface area contributed by atoms with Gasteiger partial charge >= 0.3 is 0 Å². The van der Waals surface area contributed by atoms with Crippen LogP contribution in [0.15, 0.2) is 36.4 Å². The van der Waals surface area contributed by atoms with Gasteiger partial charge in [0.15, 0.2) is 5.69 Å². The fourth-order valence-electron chi connectivity index (χ4n) is 4.65. The van der Waals surface area contributed by atoms with Crippen LogP contribution >= 0.6 is 0 Å². The van der Waals surface area contributed by atoms with Crippen molar-refractivity contribution in [1.82, 2.24) is 25.3 Å². The summed E-state index contributed by atoms with van der Waals surface area (Å²) in [6.07, 6.45) is 5.83. The second kappa shape index (κ2) is 9.37. The lowest BCUT2D eigenvalue weighted by Crippen LogP contribution is -2.63. The Bertz CT molecular complexity index is 1030. The SMILES string of the molecule is C[C@H](CCc1ccccc1)NC(=O)c1cc2n(n1)C[C@](C)(C(=O)NC1CCCC1)N(C)C2=O. The number of aryl methyl sites for hydroxylation is 1. The van der Waals surface area contributed by atoms with Crippen molar-refractivity contribution in [2.45, 2.75) is 76.5 Å². The number of aromatic nitrogens is 2. The molecule has 3 amide bonds. The third-order valence-electron chi connectivity index (χ3n) is 7.00. The highest BCUT2D eigenvalue weighted by Crippen LogP contribution is 2.27. The van der Waals surface area contributed by atoms with Crippen molar-refractivity contribution in [3.63, 3.8) is 0 Å². The minimum absolute atomic E-state index is 0.0442. The Kier molecular flexibility index (Phi) is 6.54. The molecule has 4 rings (SSSR count). The number of hydrogen-bond donors (Lipinski definition) is 2. The van der Waals surface area contributed by atoms with E-state index < -0.39 is 5.54 Å². The Hall–Kier alpha value is -3.16. The number of benzene rings is 1. The van der Waals surface area contributed by atoms with Crippen LogP contribution in [0.4, 0.5) is 0 Å². The Morgan fingerprint density at radius 1 is 1.21 bits per heavy atom. The minimum Gasteiger partial charge on any atom is -0.351 e. The number of nitrogens with zero attached hydrogens (tertiary/aromatic N) is 3. The third kappa shape index (κ3) is 4.79. The van der Waals surface area contributed by atoms with Crippen molar-refractivity contribution in [2.75, 3.05) is 7.05 Å². The molecule has 8 nitrogen and oxygen atoms in total. The van der Waals surface area contributed by atoms with E-state index in [0.29, 0.717) is 5.69 Å². The summed E-state index contributed by atoms with van der Waals surface area (Å²) < 4.78 is 1.50. The van der Waals surface area contributed by atoms with Crippen molar-refractivity contribution in [3.8, 4) is 0 Å². The van der Waals surface area contributed by atoms with E-state index in [1.807, 2.05) is 25.1 Å². The molecule has 0 radical (unpaired) electrons. The number of fused-ring (bicyclic) bond motifs is 1. The molecule has 1 fully saturated rings. The number of carbonyl (C=O) groups excluding carboxylic acids is 3. The molecule has 0 saturated heterocycles. The normalized spacial score (nSPS) is 21.5. The predicted molar refractivity (Wildman–Crippen MR) is 125 cm³/mol. The number of carbonyl (C=O) groups is 3. The van der Waals surface area contributed by atoms with Crippen LogP contribution in [0.5, 0.6) is 0 Å². The van der Waals surface area contributed by atoms with E-state index in [9.17, 15) is 14.4 Å². The van der Waals surface area contributed by atoms with Crippen LogP contribution < -0.4 is 10.6 Å². The smallest absolute Gasteiger partial charge is 0.272 e. The van der Waals surface area contributed by atoms with E-state index in [1.54, 1.807) is 14.0 Å². The van der Waals surface area contributed by atoms with Crippen molar-refractivity contribution in [3.05, 3.63) is 53.3 Å². The summed E-state index contributed by atoms with van der Waals surface area (Å²) in [4.78, 5) is 40.4. The zero-order valence-corrected chi connectivity index (χ0v) is 19.6. The molecule has 0 spiro atoms. The van der Waals surface area contributed by atoms with Crippen LogP contribution in [0, 0.1) is 0 Å². The van der Waals surface area contributed by atoms with Crippen molar-refractivity contribution in [2.24, 2.45) is 0 Å². The summed E-state index contributed by atoms with van der Waals surface area (Å²) in [5.41, 5.74) is 0.680. The van der Waals surface area contributed by atoms with Gasteiger partial charge < -0.3 is 15.5 Å². The van der Waals surface area contributed by atoms with Crippen LogP contribution in [0.3, 0.4) is 0 Å². The molecule has 0 bridgehead atoms. The number of rotatable bonds is 7. The molecule has 1 saturated carbocycles. The fourth-order valence-corrected chi connectivity index (χ4v) is 4.65. The van der Waals surface area contributed by atoms with Crippen molar-refractivity contribution in [1.29, 1.82) is 0 Å². The molecule has 33 heavy (non-hydrogen) atoms. The third-order valence-corrected chi connectivity index (χ3v) is 7.00. The fraction of sp³-hybridized carbons (Fsp3) is 0.520. The molecule has 1 aromatic heterocycles. The maximum Gasteiger partial charge on any atom is 0.272 e. The predicted octanol–water partition coefficient (Wildman–Crippen LogP) is 2.54. The van der Waals surface area contributed by atoms with Gasteiger partial charge in [-0.15, -0.1) is 0 Å². The molecular formula is C25H33N5O3. The van der Waals surface area contributed by atoms with Crippen molar-refractivity contribution >= 4 is 17.7 Å². The summed E-state index contributed by atoms with van der Waals surface area (Å²) in [5.74, 6) is -0.800. The zero-order valence-electron chi connectivity index (χ0n) is 19.6. The van der Waals surface area contributed by atoms with Crippen molar-refractivity contribution < 1.29 is 14.4 Å². The molecule has 176 valence electrons. The lowest BCUT2D eigenvalue weighted by molar-refractivity contribution is -0.133. The number of nitrogens with one attached hydrogen (secondary N) is 2. The number of likely N-dealkylation sites (N-methyl/N-ethyl adjacent to an activating group) is 1. The highest BCUT2D eigenvalue weighted by Gasteiger charge is 2.46. The van der Waals surface area contributed by atoms with Crippen LogP contribution in [-0.4, -0.2) is 57.1 Å². The van der Waals surface area contributed by atoms with Gasteiger partial charge in [-0.2, -0.15) is 5.10 Å². The van der Waals surface area contributed by atoms with Gasteiger partial charge in [0.05, 0.1) is 6.54 Å². The Labute approximate surface area is 194 Å². The number of amides is 3. The van der Waals surface area contributed by atoms with Gasteiger partial charge in [-0.25, -0.2) is 0 Å². The average Bonchev–Trinajstić information content (AvgIpc) is 3.47. The molecule has 2 N–H and O–H groups in total. The first-order chi connectivity index (χ1) is 15.8. The highest BCUT2D eigenvalue weighted by atomic mass is 16.2. The molecule has 0 unspecified atom stereocenters. The quantitative estimate of drug-likeness (QED) is 0.676. The van der Waals surface area contributed by atoms with E-state index in [-0.39, 0.29) is 42.0 Å². The number of hydrogen-bond acceptors (Lipinski definition) is 4. The zero-order chi connectivity index (χ0) is 23.6. The van der Waals surface area contributed by atoms with Crippen LogP contribution in [-0.2, 0) is 17.8 Å². The molecule has 1 aliphatic heterocycles. The summed E-state index contributed by atoms with van der Waals surface area (Å²) in [5, 5.41) is 10.5. The maximum atomic E-state index is 13.1. The van der Waals surface area contributed by atoms with Gasteiger partial charge in [0.25, 0.3) is 11.8 Å². The largest absolute Gasteiger partial charge is 0.351 e. The topological polar surface area (TPSA) is 96.3 Å². The first-order valence-electron chi connectivity index (χ1n) is 11.8. The second-order valence-electron chi connectivity index (χ2n) is 9.56. The molecule has 1 aliphatic carbocycles. The van der Waals surface area contributed by atoms with Gasteiger partial charge in [0.1, 0.15) is 11.2 Å². The first kappa shape index (κ1) is 23.0. The second-order valence-corrected chi connectivity index (χ2v) is 9.56. The summed E-state index contributed by atoms with van der Waals surface area (Å²) in [7, 11) is 1.64. The van der Waals surface area contributed by atoms with Gasteiger partial charge in [-0.05, 0) is 45.1 Å². The molecule has 8 heteroatoms. The summed E-state index contributed by atoms with van der Waals surface area (Å²) in [6, 6.07) is 11.8. The van der Waals surface area contributed by atoms with Crippen LogP contribution in [0.2, 0.25) is 0 Å². The minimum atomic E-state index is -1.06. The molecule has 2 aliphatic rings. The van der Waals surface area contributed by atoms with Gasteiger partial charge in [0.2, 0.25) is 5.91 Å². The Balaban J connectivity index is 1.42. The lowest BCUT2D eigenvalue weighted by atomic mass is 9.95. The summed E-state index contributed by atoms with van der Waals surface area (Å²) >= 11 is 0. The van der Waals surface area contributed by atoms with Crippen LogP contribution in [0.1, 0.15) is 72.5 Å². The Morgan fingerprint density at radius 3 is 2.61 bits per heavy atom. The highest BCUT2D eigenvalue weighted by molar-refractivity contribution is 6.01. The molecule has 1 aromatic carbocycles. The summed E-state index contributed by atoms with van der Waals surface area (Å²) in [6.45, 7) is 3.92. The standard InChI is InChI=1S/C25H33N5O3/c1-17(13-14-18-9-5-4-6-10-18)26-22(31)20-15-21-23(32)29(3)25(2,16-30(21)28-20)24(33)27-19-11-7-8-12-19/h4-6,9-10,15,17,19H,7-8,11-14,16H2,1-3H3,(H,26,31)(H,27,33)/t17-,25-/m1/s1. The van der Waals surface area contributed by atoms with Gasteiger partial charge in [-0.1, -0.05) is 43.2 Å². The van der Waals surface area contributed by atoms with E-state index >= 15 is 0 Å². The van der Waals surface area contributed by atoms with E-state index in [2.05, 4.69) is 27.9 Å². The average molecular weight is 452 g/mol. The van der Waals surface area contributed by atoms with E-state index in [0.717, 1.165) is 38.5 Å². The molecule has 2 aromatic rings.